The van der Waals surface area contributed by atoms with E-state index in [1.807, 2.05) is 0 Å². The highest BCUT2D eigenvalue weighted by Crippen LogP contribution is 2.20. The Morgan fingerprint density at radius 1 is 1.38 bits per heavy atom. The van der Waals surface area contributed by atoms with Crippen LogP contribution in [0.1, 0.15) is 12.8 Å². The first-order chi connectivity index (χ1) is 7.46. The fourth-order valence-electron chi connectivity index (χ4n) is 1.13. The average Bonchev–Trinajstić information content (AvgIpc) is 2.62. The van der Waals surface area contributed by atoms with Crippen LogP contribution in [0.2, 0.25) is 0 Å². The van der Waals surface area contributed by atoms with E-state index >= 15 is 0 Å². The number of hydrogen-bond acceptors (Lipinski definition) is 5. The van der Waals surface area contributed by atoms with Gasteiger partial charge in [-0.1, -0.05) is 5.10 Å². The molecule has 0 amide bonds. The molecular formula is C8H13F3N4O. The second kappa shape index (κ2) is 5.15. The lowest BCUT2D eigenvalue weighted by molar-refractivity contribution is -0.120. The lowest BCUT2D eigenvalue weighted by Crippen LogP contribution is -2.34. The molecule has 0 aliphatic carbocycles. The summed E-state index contributed by atoms with van der Waals surface area (Å²) in [6, 6.07) is -0.106. The molecule has 16 heavy (non-hydrogen) atoms. The maximum absolute atomic E-state index is 12.2. The van der Waals surface area contributed by atoms with Gasteiger partial charge in [0.15, 0.2) is 0 Å². The fourth-order valence-corrected chi connectivity index (χ4v) is 1.13. The Morgan fingerprint density at radius 2 is 2.06 bits per heavy atom. The Bertz CT molecular complexity index is 325. The van der Waals surface area contributed by atoms with Gasteiger partial charge in [0.05, 0.1) is 6.54 Å². The maximum atomic E-state index is 12.2. The van der Waals surface area contributed by atoms with Gasteiger partial charge in [-0.2, -0.15) is 13.2 Å². The molecule has 0 unspecified atom stereocenters. The van der Waals surface area contributed by atoms with E-state index in [0.29, 0.717) is 6.54 Å². The van der Waals surface area contributed by atoms with Crippen molar-refractivity contribution in [1.82, 2.24) is 15.5 Å². The molecule has 8 heteroatoms. The van der Waals surface area contributed by atoms with Crippen molar-refractivity contribution in [1.29, 1.82) is 0 Å². The molecule has 0 aromatic carbocycles. The van der Waals surface area contributed by atoms with E-state index < -0.39 is 12.7 Å². The molecule has 0 aliphatic rings. The van der Waals surface area contributed by atoms with Crippen LogP contribution in [0.15, 0.2) is 4.42 Å². The average molecular weight is 238 g/mol. The van der Waals surface area contributed by atoms with Crippen LogP contribution in [0.5, 0.6) is 0 Å². The molecule has 0 atom stereocenters. The molecule has 1 heterocycles. The molecule has 0 aliphatic heterocycles. The smallest absolute Gasteiger partial charge is 0.406 e. The van der Waals surface area contributed by atoms with Gasteiger partial charge < -0.3 is 14.6 Å². The number of alkyl halides is 3. The molecule has 1 aromatic heterocycles. The van der Waals surface area contributed by atoms with Crippen LogP contribution in [-0.4, -0.2) is 36.5 Å². The van der Waals surface area contributed by atoms with Crippen molar-refractivity contribution < 1.29 is 17.6 Å². The molecule has 5 nitrogen and oxygen atoms in total. The summed E-state index contributed by atoms with van der Waals surface area (Å²) in [5.41, 5.74) is 0. The van der Waals surface area contributed by atoms with Gasteiger partial charge in [-0.15, -0.1) is 5.10 Å². The minimum Gasteiger partial charge on any atom is -0.407 e. The summed E-state index contributed by atoms with van der Waals surface area (Å²) >= 11 is 0. The minimum absolute atomic E-state index is 0.106. The van der Waals surface area contributed by atoms with Crippen LogP contribution in [0.4, 0.5) is 19.2 Å². The van der Waals surface area contributed by atoms with Crippen LogP contribution in [0, 0.1) is 0 Å². The van der Waals surface area contributed by atoms with Gasteiger partial charge in [-0.3, -0.25) is 0 Å². The SMILES string of the molecule is CCN(CC(F)(F)F)c1nnc(CNC)o1. The third-order valence-corrected chi connectivity index (χ3v) is 1.81. The minimum atomic E-state index is -4.28. The molecule has 0 spiro atoms. The van der Waals surface area contributed by atoms with Crippen molar-refractivity contribution in [2.24, 2.45) is 0 Å². The number of halogens is 3. The van der Waals surface area contributed by atoms with Gasteiger partial charge in [0, 0.05) is 6.54 Å². The van der Waals surface area contributed by atoms with Crippen molar-refractivity contribution >= 4 is 6.01 Å². The summed E-state index contributed by atoms with van der Waals surface area (Å²) in [4.78, 5) is 0.978. The van der Waals surface area contributed by atoms with Crippen molar-refractivity contribution in [2.45, 2.75) is 19.6 Å². The largest absolute Gasteiger partial charge is 0.407 e. The zero-order chi connectivity index (χ0) is 12.2. The molecule has 1 N–H and O–H groups in total. The predicted molar refractivity (Wildman–Crippen MR) is 51.0 cm³/mol. The molecule has 1 rings (SSSR count). The van der Waals surface area contributed by atoms with Gasteiger partial charge in [0.25, 0.3) is 0 Å². The summed E-state index contributed by atoms with van der Waals surface area (Å²) in [5, 5.41) is 9.94. The lowest BCUT2D eigenvalue weighted by atomic mass is 10.5. The molecule has 0 radical (unpaired) electrons. The highest BCUT2D eigenvalue weighted by molar-refractivity contribution is 5.23. The lowest BCUT2D eigenvalue weighted by Gasteiger charge is -2.19. The first kappa shape index (κ1) is 12.8. The Morgan fingerprint density at radius 3 is 2.56 bits per heavy atom. The molecule has 0 saturated heterocycles. The second-order valence-corrected chi connectivity index (χ2v) is 3.14. The van der Waals surface area contributed by atoms with Gasteiger partial charge in [0.1, 0.15) is 6.54 Å². The molecule has 92 valence electrons. The van der Waals surface area contributed by atoms with Crippen LogP contribution < -0.4 is 10.2 Å². The topological polar surface area (TPSA) is 54.2 Å². The van der Waals surface area contributed by atoms with Gasteiger partial charge in [-0.05, 0) is 14.0 Å². The summed E-state index contributed by atoms with van der Waals surface area (Å²) in [6.07, 6.45) is -4.28. The van der Waals surface area contributed by atoms with Crippen LogP contribution in [-0.2, 0) is 6.54 Å². The highest BCUT2D eigenvalue weighted by atomic mass is 19.4. The van der Waals surface area contributed by atoms with E-state index in [2.05, 4.69) is 15.5 Å². The monoisotopic (exact) mass is 238 g/mol. The van der Waals surface area contributed by atoms with Crippen LogP contribution in [0.25, 0.3) is 0 Å². The van der Waals surface area contributed by atoms with Crippen molar-refractivity contribution in [3.8, 4) is 0 Å². The quantitative estimate of drug-likeness (QED) is 0.834. The van der Waals surface area contributed by atoms with E-state index in [-0.39, 0.29) is 18.5 Å². The number of hydrogen-bond donors (Lipinski definition) is 1. The third kappa shape index (κ3) is 3.69. The van der Waals surface area contributed by atoms with E-state index in [1.165, 1.54) is 0 Å². The van der Waals surface area contributed by atoms with Crippen molar-refractivity contribution in [3.63, 3.8) is 0 Å². The first-order valence-electron chi connectivity index (χ1n) is 4.75. The zero-order valence-corrected chi connectivity index (χ0v) is 9.01. The number of rotatable bonds is 5. The second-order valence-electron chi connectivity index (χ2n) is 3.14. The number of nitrogens with zero attached hydrogens (tertiary/aromatic N) is 3. The predicted octanol–water partition coefficient (Wildman–Crippen LogP) is 1.18. The highest BCUT2D eigenvalue weighted by Gasteiger charge is 2.32. The Kier molecular flexibility index (Phi) is 4.11. The third-order valence-electron chi connectivity index (χ3n) is 1.81. The summed E-state index contributed by atoms with van der Waals surface area (Å²) in [6.45, 7) is 0.982. The fraction of sp³-hybridized carbons (Fsp3) is 0.750. The van der Waals surface area contributed by atoms with E-state index in [9.17, 15) is 13.2 Å². The Labute approximate surface area is 90.6 Å². The molecule has 0 bridgehead atoms. The molecule has 0 fully saturated rings. The molecular weight excluding hydrogens is 225 g/mol. The van der Waals surface area contributed by atoms with Crippen LogP contribution in [0.3, 0.4) is 0 Å². The number of anilines is 1. The Hall–Kier alpha value is -1.31. The summed E-state index contributed by atoms with van der Waals surface area (Å²) < 4.78 is 41.6. The Balaban J connectivity index is 2.71. The van der Waals surface area contributed by atoms with E-state index in [0.717, 1.165) is 4.90 Å². The van der Waals surface area contributed by atoms with Gasteiger partial charge in [0.2, 0.25) is 5.89 Å². The number of nitrogens with one attached hydrogen (secondary N) is 1. The maximum Gasteiger partial charge on any atom is 0.406 e. The number of aromatic nitrogens is 2. The van der Waals surface area contributed by atoms with Gasteiger partial charge >= 0.3 is 12.2 Å². The standard InChI is InChI=1S/C8H13F3N4O/c1-3-15(5-8(9,10)11)7-14-13-6(16-7)4-12-2/h12H,3-5H2,1-2H3. The van der Waals surface area contributed by atoms with E-state index in [1.54, 1.807) is 14.0 Å². The molecule has 0 saturated carbocycles. The molecule has 1 aromatic rings. The van der Waals surface area contributed by atoms with Crippen molar-refractivity contribution in [3.05, 3.63) is 5.89 Å². The first-order valence-corrected chi connectivity index (χ1v) is 4.75. The summed E-state index contributed by atoms with van der Waals surface area (Å²) in [7, 11) is 1.68. The van der Waals surface area contributed by atoms with Gasteiger partial charge in [-0.25, -0.2) is 0 Å². The summed E-state index contributed by atoms with van der Waals surface area (Å²) in [5.74, 6) is 0.262. The van der Waals surface area contributed by atoms with Crippen molar-refractivity contribution in [2.75, 3.05) is 25.0 Å². The zero-order valence-electron chi connectivity index (χ0n) is 9.01. The normalized spacial score (nSPS) is 11.8. The van der Waals surface area contributed by atoms with E-state index in [4.69, 9.17) is 4.42 Å². The van der Waals surface area contributed by atoms with Crippen LogP contribution >= 0.6 is 0 Å².